The molecule has 1 aromatic heterocycles. The first-order valence-electron chi connectivity index (χ1n) is 11.9. The number of hydrogen-bond donors (Lipinski definition) is 0. The van der Waals surface area contributed by atoms with Crippen molar-refractivity contribution in [1.29, 1.82) is 0 Å². The van der Waals surface area contributed by atoms with Gasteiger partial charge in [0.05, 0.1) is 18.9 Å². The Balaban J connectivity index is 1.32. The third-order valence-corrected chi connectivity index (χ3v) is 9.89. The zero-order valence-corrected chi connectivity index (χ0v) is 17.7. The largest absolute Gasteiger partial charge is 0.185 e. The van der Waals surface area contributed by atoms with Crippen LogP contribution in [0, 0.1) is 52.8 Å². The molecular weight excluding hydrogens is 330 g/mol. The highest BCUT2D eigenvalue weighted by atomic mass is 15.5. The highest BCUT2D eigenvalue weighted by Crippen LogP contribution is 2.65. The van der Waals surface area contributed by atoms with Gasteiger partial charge in [-0.05, 0) is 104 Å². The Morgan fingerprint density at radius 1 is 0.963 bits per heavy atom. The van der Waals surface area contributed by atoms with Gasteiger partial charge in [-0.25, -0.2) is 0 Å². The molecular formula is C24H39N3. The van der Waals surface area contributed by atoms with Crippen molar-refractivity contribution < 1.29 is 0 Å². The predicted octanol–water partition coefficient (Wildman–Crippen LogP) is 5.82. The van der Waals surface area contributed by atoms with Crippen molar-refractivity contribution in [3.8, 4) is 0 Å². The lowest BCUT2D eigenvalue weighted by Gasteiger charge is -2.56. The van der Waals surface area contributed by atoms with Crippen molar-refractivity contribution in [3.05, 3.63) is 12.4 Å². The van der Waals surface area contributed by atoms with Crippen LogP contribution >= 0.6 is 0 Å². The van der Waals surface area contributed by atoms with Crippen LogP contribution in [0.4, 0.5) is 0 Å². The average Bonchev–Trinajstić information content (AvgIpc) is 3.28. The lowest BCUT2D eigenvalue weighted by atomic mass is 9.49. The molecule has 0 aliphatic heterocycles. The molecule has 4 fully saturated rings. The van der Waals surface area contributed by atoms with Gasteiger partial charge in [0, 0.05) is 0 Å². The molecule has 0 aromatic carbocycles. The maximum Gasteiger partial charge on any atom is 0.0693 e. The number of hydrogen-bond acceptors (Lipinski definition) is 2. The summed E-state index contributed by atoms with van der Waals surface area (Å²) in [5.74, 6) is 7.79. The zero-order chi connectivity index (χ0) is 18.6. The van der Waals surface area contributed by atoms with Crippen LogP contribution in [0.25, 0.3) is 0 Å². The second-order valence-electron chi connectivity index (χ2n) is 11.1. The van der Waals surface area contributed by atoms with E-state index < -0.39 is 0 Å². The first-order valence-corrected chi connectivity index (χ1v) is 11.9. The standard InChI is InChI=1S/C24H39N3/c1-16-4-6-19-18(14-16)5-7-21-20(19)10-11-24(3)22(8-9-23(21)24)17(2)15-27-25-12-13-26-27/h12-13,16-23H,4-11,14-15H2,1-3H3/t16-,17-,18?,19-,20?,21+,22?,23?,24+/m0/s1. The molecule has 3 nitrogen and oxygen atoms in total. The fourth-order valence-electron chi connectivity index (χ4n) is 8.79. The minimum absolute atomic E-state index is 0.572. The SMILES string of the molecule is C[C@H]1CC[C@H]2C(CC[C@@H]3C2CC[C@@]2(C)C3CCC2[C@@H](C)Cn2nccn2)C1. The van der Waals surface area contributed by atoms with E-state index in [-0.39, 0.29) is 0 Å². The van der Waals surface area contributed by atoms with E-state index >= 15 is 0 Å². The van der Waals surface area contributed by atoms with Gasteiger partial charge < -0.3 is 0 Å². The first kappa shape index (κ1) is 18.2. The Kier molecular flexibility index (Phi) is 4.64. The van der Waals surface area contributed by atoms with Gasteiger partial charge in [-0.3, -0.25) is 0 Å². The van der Waals surface area contributed by atoms with Gasteiger partial charge in [0.25, 0.3) is 0 Å². The molecule has 0 bridgehead atoms. The van der Waals surface area contributed by atoms with Crippen LogP contribution in [0.5, 0.6) is 0 Å². The molecule has 0 saturated heterocycles. The molecule has 0 N–H and O–H groups in total. The van der Waals surface area contributed by atoms with Crippen LogP contribution < -0.4 is 0 Å². The van der Waals surface area contributed by atoms with Crippen molar-refractivity contribution >= 4 is 0 Å². The van der Waals surface area contributed by atoms with Crippen LogP contribution in [0.3, 0.4) is 0 Å². The molecule has 27 heavy (non-hydrogen) atoms. The topological polar surface area (TPSA) is 30.7 Å². The smallest absolute Gasteiger partial charge is 0.0693 e. The fourth-order valence-corrected chi connectivity index (χ4v) is 8.79. The Labute approximate surface area is 165 Å². The van der Waals surface area contributed by atoms with Crippen LogP contribution in [0.2, 0.25) is 0 Å². The third-order valence-electron chi connectivity index (χ3n) is 9.89. The van der Waals surface area contributed by atoms with Crippen LogP contribution in [-0.2, 0) is 6.54 Å². The third kappa shape index (κ3) is 2.99. The van der Waals surface area contributed by atoms with Gasteiger partial charge in [-0.1, -0.05) is 27.2 Å². The molecule has 3 heteroatoms. The van der Waals surface area contributed by atoms with Crippen LogP contribution in [0.15, 0.2) is 12.4 Å². The second kappa shape index (κ2) is 6.88. The minimum atomic E-state index is 0.572. The monoisotopic (exact) mass is 369 g/mol. The number of nitrogens with zero attached hydrogens (tertiary/aromatic N) is 3. The number of aromatic nitrogens is 3. The highest BCUT2D eigenvalue weighted by Gasteiger charge is 2.57. The summed E-state index contributed by atoms with van der Waals surface area (Å²) in [6.45, 7) is 8.63. The number of fused-ring (bicyclic) bond motifs is 5. The summed E-state index contributed by atoms with van der Waals surface area (Å²) in [4.78, 5) is 1.92. The molecule has 0 amide bonds. The van der Waals surface area contributed by atoms with Gasteiger partial charge in [0.15, 0.2) is 0 Å². The second-order valence-corrected chi connectivity index (χ2v) is 11.1. The van der Waals surface area contributed by atoms with E-state index in [4.69, 9.17) is 0 Å². The summed E-state index contributed by atoms with van der Waals surface area (Å²) in [6, 6.07) is 0. The quantitative estimate of drug-likeness (QED) is 0.672. The Bertz CT molecular complexity index is 640. The van der Waals surface area contributed by atoms with E-state index in [9.17, 15) is 0 Å². The number of rotatable bonds is 3. The molecule has 4 unspecified atom stereocenters. The van der Waals surface area contributed by atoms with E-state index in [2.05, 4.69) is 31.0 Å². The average molecular weight is 370 g/mol. The molecule has 150 valence electrons. The van der Waals surface area contributed by atoms with Crippen molar-refractivity contribution in [2.45, 2.75) is 85.1 Å². The summed E-state index contributed by atoms with van der Waals surface area (Å²) in [5, 5.41) is 8.75. The lowest BCUT2D eigenvalue weighted by molar-refractivity contribution is -0.0739. The minimum Gasteiger partial charge on any atom is -0.185 e. The van der Waals surface area contributed by atoms with E-state index in [1.165, 1.54) is 38.5 Å². The Hall–Kier alpha value is -0.860. The summed E-state index contributed by atoms with van der Waals surface area (Å²) in [5.41, 5.74) is 0.572. The summed E-state index contributed by atoms with van der Waals surface area (Å²) < 4.78 is 0. The predicted molar refractivity (Wildman–Crippen MR) is 109 cm³/mol. The van der Waals surface area contributed by atoms with Crippen molar-refractivity contribution in [3.63, 3.8) is 0 Å². The molecule has 4 saturated carbocycles. The van der Waals surface area contributed by atoms with Gasteiger partial charge >= 0.3 is 0 Å². The lowest BCUT2D eigenvalue weighted by Crippen LogP contribution is -2.49. The van der Waals surface area contributed by atoms with Gasteiger partial charge in [0.1, 0.15) is 0 Å². The Morgan fingerprint density at radius 2 is 1.74 bits per heavy atom. The highest BCUT2D eigenvalue weighted by molar-refractivity contribution is 5.06. The van der Waals surface area contributed by atoms with E-state index in [0.29, 0.717) is 11.3 Å². The van der Waals surface area contributed by atoms with Gasteiger partial charge in [-0.15, -0.1) is 0 Å². The maximum atomic E-state index is 4.38. The molecule has 0 spiro atoms. The maximum absolute atomic E-state index is 4.38. The van der Waals surface area contributed by atoms with Crippen LogP contribution in [0.1, 0.15) is 78.6 Å². The zero-order valence-electron chi connectivity index (χ0n) is 17.7. The molecule has 1 aromatic rings. The molecule has 1 heterocycles. The molecule has 5 rings (SSSR count). The summed E-state index contributed by atoms with van der Waals surface area (Å²) in [7, 11) is 0. The first-order chi connectivity index (χ1) is 13.1. The molecule has 9 atom stereocenters. The van der Waals surface area contributed by atoms with E-state index in [1.807, 2.05) is 17.2 Å². The van der Waals surface area contributed by atoms with Crippen molar-refractivity contribution in [2.24, 2.45) is 52.8 Å². The molecule has 4 aliphatic carbocycles. The summed E-state index contributed by atoms with van der Waals surface area (Å²) >= 11 is 0. The molecule has 4 aliphatic rings. The Morgan fingerprint density at radius 3 is 2.56 bits per heavy atom. The molecule has 0 radical (unpaired) electrons. The van der Waals surface area contributed by atoms with Crippen LogP contribution in [-0.4, -0.2) is 15.0 Å². The fraction of sp³-hybridized carbons (Fsp3) is 0.917. The summed E-state index contributed by atoms with van der Waals surface area (Å²) in [6.07, 6.45) is 17.2. The van der Waals surface area contributed by atoms with Crippen molar-refractivity contribution in [1.82, 2.24) is 15.0 Å². The van der Waals surface area contributed by atoms with Gasteiger partial charge in [-0.2, -0.15) is 15.0 Å². The van der Waals surface area contributed by atoms with E-state index in [0.717, 1.165) is 48.0 Å². The van der Waals surface area contributed by atoms with E-state index in [1.54, 1.807) is 19.3 Å². The van der Waals surface area contributed by atoms with Gasteiger partial charge in [0.2, 0.25) is 0 Å². The van der Waals surface area contributed by atoms with Crippen molar-refractivity contribution in [2.75, 3.05) is 0 Å². The normalized spacial score (nSPS) is 47.7.